The number of hydrogen-bond acceptors (Lipinski definition) is 1. The van der Waals surface area contributed by atoms with Crippen molar-refractivity contribution in [3.05, 3.63) is 65.2 Å². The summed E-state index contributed by atoms with van der Waals surface area (Å²) in [4.78, 5) is 0. The summed E-state index contributed by atoms with van der Waals surface area (Å²) in [6, 6.07) is 17.4. The fourth-order valence-electron chi connectivity index (χ4n) is 3.10. The highest BCUT2D eigenvalue weighted by Crippen LogP contribution is 2.38. The van der Waals surface area contributed by atoms with Crippen LogP contribution in [0.4, 0.5) is 0 Å². The number of ether oxygens (including phenoxy) is 1. The highest BCUT2D eigenvalue weighted by molar-refractivity contribution is 5.42. The summed E-state index contributed by atoms with van der Waals surface area (Å²) >= 11 is 0. The van der Waals surface area contributed by atoms with E-state index in [9.17, 15) is 0 Å². The zero-order valence-electron chi connectivity index (χ0n) is 12.3. The third-order valence-corrected chi connectivity index (χ3v) is 4.22. The van der Waals surface area contributed by atoms with E-state index in [1.54, 1.807) is 0 Å². The lowest BCUT2D eigenvalue weighted by Crippen LogP contribution is -2.18. The SMILES string of the molecule is CC(C)C1CCOc2ccc(Cc3ccccc3)cc21. The van der Waals surface area contributed by atoms with Gasteiger partial charge in [0.05, 0.1) is 6.61 Å². The van der Waals surface area contributed by atoms with Gasteiger partial charge >= 0.3 is 0 Å². The first-order valence-corrected chi connectivity index (χ1v) is 7.53. The summed E-state index contributed by atoms with van der Waals surface area (Å²) in [5, 5.41) is 0. The molecule has 1 nitrogen and oxygen atoms in total. The predicted molar refractivity (Wildman–Crippen MR) is 83.4 cm³/mol. The maximum Gasteiger partial charge on any atom is 0.122 e. The van der Waals surface area contributed by atoms with E-state index in [1.807, 2.05) is 0 Å². The summed E-state index contributed by atoms with van der Waals surface area (Å²) in [5.41, 5.74) is 4.15. The fraction of sp³-hybridized carbons (Fsp3) is 0.368. The van der Waals surface area contributed by atoms with Crippen LogP contribution in [0.2, 0.25) is 0 Å². The second-order valence-electron chi connectivity index (χ2n) is 6.02. The minimum atomic E-state index is 0.634. The molecule has 20 heavy (non-hydrogen) atoms. The Balaban J connectivity index is 1.89. The molecule has 1 unspecified atom stereocenters. The summed E-state index contributed by atoms with van der Waals surface area (Å²) in [5.74, 6) is 2.39. The molecule has 2 aromatic carbocycles. The third kappa shape index (κ3) is 2.72. The molecule has 0 fully saturated rings. The van der Waals surface area contributed by atoms with Gasteiger partial charge in [0, 0.05) is 0 Å². The molecule has 3 rings (SSSR count). The predicted octanol–water partition coefficient (Wildman–Crippen LogP) is 4.80. The molecular formula is C19H22O. The molecule has 1 aliphatic heterocycles. The highest BCUT2D eigenvalue weighted by atomic mass is 16.5. The summed E-state index contributed by atoms with van der Waals surface area (Å²) < 4.78 is 5.81. The van der Waals surface area contributed by atoms with Crippen molar-refractivity contribution in [1.82, 2.24) is 0 Å². The van der Waals surface area contributed by atoms with Gasteiger partial charge in [0.25, 0.3) is 0 Å². The molecule has 104 valence electrons. The molecule has 0 saturated carbocycles. The van der Waals surface area contributed by atoms with Gasteiger partial charge in [-0.05, 0) is 47.4 Å². The maximum absolute atomic E-state index is 5.81. The standard InChI is InChI=1S/C19H22O/c1-14(2)17-10-11-20-19-9-8-16(13-18(17)19)12-15-6-4-3-5-7-15/h3-9,13-14,17H,10-12H2,1-2H3. The number of benzene rings is 2. The van der Waals surface area contributed by atoms with Gasteiger partial charge < -0.3 is 4.74 Å². The largest absolute Gasteiger partial charge is 0.493 e. The zero-order chi connectivity index (χ0) is 13.9. The van der Waals surface area contributed by atoms with Crippen molar-refractivity contribution >= 4 is 0 Å². The van der Waals surface area contributed by atoms with Crippen molar-refractivity contribution in [2.45, 2.75) is 32.6 Å². The molecule has 1 aliphatic rings. The number of hydrogen-bond donors (Lipinski definition) is 0. The van der Waals surface area contributed by atoms with Crippen LogP contribution in [0.5, 0.6) is 5.75 Å². The quantitative estimate of drug-likeness (QED) is 0.775. The highest BCUT2D eigenvalue weighted by Gasteiger charge is 2.24. The van der Waals surface area contributed by atoms with Crippen molar-refractivity contribution in [2.75, 3.05) is 6.61 Å². The van der Waals surface area contributed by atoms with Crippen molar-refractivity contribution in [1.29, 1.82) is 0 Å². The lowest BCUT2D eigenvalue weighted by atomic mass is 9.83. The zero-order valence-corrected chi connectivity index (χ0v) is 12.3. The van der Waals surface area contributed by atoms with Crippen molar-refractivity contribution in [2.24, 2.45) is 5.92 Å². The molecular weight excluding hydrogens is 244 g/mol. The van der Waals surface area contributed by atoms with E-state index in [1.165, 1.54) is 16.7 Å². The average Bonchev–Trinajstić information content (AvgIpc) is 2.47. The first-order chi connectivity index (χ1) is 9.74. The molecule has 2 aromatic rings. The van der Waals surface area contributed by atoms with Crippen molar-refractivity contribution < 1.29 is 4.74 Å². The van der Waals surface area contributed by atoms with Crippen LogP contribution in [0, 0.1) is 5.92 Å². The first kappa shape index (κ1) is 13.2. The van der Waals surface area contributed by atoms with Gasteiger partial charge in [-0.3, -0.25) is 0 Å². The van der Waals surface area contributed by atoms with Crippen LogP contribution in [0.3, 0.4) is 0 Å². The Morgan fingerprint density at radius 3 is 2.60 bits per heavy atom. The van der Waals surface area contributed by atoms with E-state index in [2.05, 4.69) is 62.4 Å². The minimum absolute atomic E-state index is 0.634. The van der Waals surface area contributed by atoms with E-state index >= 15 is 0 Å². The molecule has 0 bridgehead atoms. The Morgan fingerprint density at radius 1 is 1.05 bits per heavy atom. The van der Waals surface area contributed by atoms with Gasteiger partial charge in [0.2, 0.25) is 0 Å². The van der Waals surface area contributed by atoms with Crippen LogP contribution in [-0.2, 0) is 6.42 Å². The van der Waals surface area contributed by atoms with Gasteiger partial charge in [0.1, 0.15) is 5.75 Å². The summed E-state index contributed by atoms with van der Waals surface area (Å²) in [6.45, 7) is 5.47. The molecule has 0 aliphatic carbocycles. The van der Waals surface area contributed by atoms with E-state index in [-0.39, 0.29) is 0 Å². The van der Waals surface area contributed by atoms with Gasteiger partial charge in [-0.2, -0.15) is 0 Å². The lowest BCUT2D eigenvalue weighted by Gasteiger charge is -2.29. The Hall–Kier alpha value is -1.76. The molecule has 0 amide bonds. The number of fused-ring (bicyclic) bond motifs is 1. The molecule has 1 heterocycles. The Morgan fingerprint density at radius 2 is 1.85 bits per heavy atom. The molecule has 0 spiro atoms. The second-order valence-corrected chi connectivity index (χ2v) is 6.02. The van der Waals surface area contributed by atoms with E-state index in [0.29, 0.717) is 11.8 Å². The van der Waals surface area contributed by atoms with Crippen LogP contribution in [0.1, 0.15) is 42.9 Å². The molecule has 0 radical (unpaired) electrons. The molecule has 0 N–H and O–H groups in total. The second kappa shape index (κ2) is 5.70. The van der Waals surface area contributed by atoms with Gasteiger partial charge in [-0.25, -0.2) is 0 Å². The third-order valence-electron chi connectivity index (χ3n) is 4.22. The van der Waals surface area contributed by atoms with Gasteiger partial charge in [-0.1, -0.05) is 56.3 Å². The summed E-state index contributed by atoms with van der Waals surface area (Å²) in [6.07, 6.45) is 2.14. The van der Waals surface area contributed by atoms with E-state index < -0.39 is 0 Å². The van der Waals surface area contributed by atoms with Crippen LogP contribution < -0.4 is 4.74 Å². The molecule has 1 heteroatoms. The smallest absolute Gasteiger partial charge is 0.122 e. The van der Waals surface area contributed by atoms with Crippen LogP contribution in [0.15, 0.2) is 48.5 Å². The molecule has 0 saturated heterocycles. The van der Waals surface area contributed by atoms with Gasteiger partial charge in [0.15, 0.2) is 0 Å². The molecule has 0 aromatic heterocycles. The van der Waals surface area contributed by atoms with Crippen molar-refractivity contribution in [3.63, 3.8) is 0 Å². The van der Waals surface area contributed by atoms with Gasteiger partial charge in [-0.15, -0.1) is 0 Å². The average molecular weight is 266 g/mol. The maximum atomic E-state index is 5.81. The van der Waals surface area contributed by atoms with Crippen LogP contribution >= 0.6 is 0 Å². The van der Waals surface area contributed by atoms with Crippen LogP contribution in [0.25, 0.3) is 0 Å². The normalized spacial score (nSPS) is 17.6. The first-order valence-electron chi connectivity index (χ1n) is 7.53. The summed E-state index contributed by atoms with van der Waals surface area (Å²) in [7, 11) is 0. The minimum Gasteiger partial charge on any atom is -0.493 e. The Labute approximate surface area is 121 Å². The van der Waals surface area contributed by atoms with Crippen molar-refractivity contribution in [3.8, 4) is 5.75 Å². The van der Waals surface area contributed by atoms with E-state index in [0.717, 1.165) is 25.2 Å². The van der Waals surface area contributed by atoms with E-state index in [4.69, 9.17) is 4.74 Å². The van der Waals surface area contributed by atoms with Crippen LogP contribution in [-0.4, -0.2) is 6.61 Å². The lowest BCUT2D eigenvalue weighted by molar-refractivity contribution is 0.247. The number of rotatable bonds is 3. The Kier molecular flexibility index (Phi) is 3.77. The fourth-order valence-corrected chi connectivity index (χ4v) is 3.10. The Bertz CT molecular complexity index is 572. The molecule has 1 atom stereocenters. The monoisotopic (exact) mass is 266 g/mol. The topological polar surface area (TPSA) is 9.23 Å².